The zero-order chi connectivity index (χ0) is 19.7. The van der Waals surface area contributed by atoms with Crippen LogP contribution in [0.4, 0.5) is 4.79 Å². The van der Waals surface area contributed by atoms with Gasteiger partial charge in [0.1, 0.15) is 11.6 Å². The highest BCUT2D eigenvalue weighted by atomic mass is 79.9. The van der Waals surface area contributed by atoms with Crippen molar-refractivity contribution in [1.82, 2.24) is 4.90 Å². The molecule has 7 nitrogen and oxygen atoms in total. The lowest BCUT2D eigenvalue weighted by atomic mass is 9.78. The highest BCUT2D eigenvalue weighted by Crippen LogP contribution is 2.40. The van der Waals surface area contributed by atoms with Crippen LogP contribution in [0.3, 0.4) is 0 Å². The third-order valence-electron chi connectivity index (χ3n) is 4.40. The van der Waals surface area contributed by atoms with Crippen LogP contribution in [0.25, 0.3) is 0 Å². The van der Waals surface area contributed by atoms with E-state index in [0.29, 0.717) is 0 Å². The summed E-state index contributed by atoms with van der Waals surface area (Å²) in [7, 11) is 0. The second kappa shape index (κ2) is 7.26. The monoisotopic (exact) mass is 425 g/mol. The summed E-state index contributed by atoms with van der Waals surface area (Å²) in [6, 6.07) is 6.49. The number of ether oxygens (including phenoxy) is 1. The van der Waals surface area contributed by atoms with E-state index in [-0.39, 0.29) is 19.4 Å². The van der Waals surface area contributed by atoms with Crippen molar-refractivity contribution in [1.29, 1.82) is 0 Å². The Morgan fingerprint density at radius 1 is 1.27 bits per heavy atom. The molecular weight excluding hydrogens is 402 g/mol. The molecule has 1 fully saturated rings. The van der Waals surface area contributed by atoms with E-state index in [1.54, 1.807) is 20.8 Å². The zero-order valence-electron chi connectivity index (χ0n) is 15.1. The number of carbonyl (C=O) groups is 3. The van der Waals surface area contributed by atoms with E-state index >= 15 is 0 Å². The number of primary amides is 2. The van der Waals surface area contributed by atoms with Crippen molar-refractivity contribution in [2.24, 2.45) is 16.9 Å². The fourth-order valence-corrected chi connectivity index (χ4v) is 3.57. The highest BCUT2D eigenvalue weighted by Gasteiger charge is 2.52. The van der Waals surface area contributed by atoms with Gasteiger partial charge in [-0.3, -0.25) is 14.5 Å². The Balaban J connectivity index is 2.36. The normalized spacial score (nSPS) is 22.9. The van der Waals surface area contributed by atoms with Crippen LogP contribution in [0.2, 0.25) is 0 Å². The molecule has 2 rings (SSSR count). The average Bonchev–Trinajstić information content (AvgIpc) is 2.89. The number of carbonyl (C=O) groups excluding carboxylic acids is 3. The van der Waals surface area contributed by atoms with Crippen LogP contribution in [0.15, 0.2) is 28.7 Å². The van der Waals surface area contributed by atoms with E-state index in [1.165, 1.54) is 4.90 Å². The van der Waals surface area contributed by atoms with E-state index in [1.807, 2.05) is 24.3 Å². The minimum atomic E-state index is -1.10. The molecule has 1 saturated heterocycles. The molecular formula is C18H24BrN3O4. The molecule has 0 bridgehead atoms. The largest absolute Gasteiger partial charge is 0.444 e. The van der Waals surface area contributed by atoms with E-state index in [4.69, 9.17) is 16.2 Å². The first-order valence-corrected chi connectivity index (χ1v) is 9.07. The van der Waals surface area contributed by atoms with E-state index < -0.39 is 35.0 Å². The van der Waals surface area contributed by atoms with Crippen molar-refractivity contribution >= 4 is 33.8 Å². The minimum Gasteiger partial charge on any atom is -0.444 e. The lowest BCUT2D eigenvalue weighted by Gasteiger charge is -2.28. The van der Waals surface area contributed by atoms with Gasteiger partial charge in [0.15, 0.2) is 0 Å². The van der Waals surface area contributed by atoms with Crippen LogP contribution < -0.4 is 11.5 Å². The molecule has 1 aliphatic rings. The SMILES string of the molecule is CC(C)(C)OC(=O)N1CC(Cc2ccccc2Br)(C(N)=O)C[C@H]1C(N)=O. The van der Waals surface area contributed by atoms with Gasteiger partial charge in [-0.2, -0.15) is 0 Å². The number of hydrogen-bond acceptors (Lipinski definition) is 4. The molecule has 1 aromatic rings. The number of hydrogen-bond donors (Lipinski definition) is 2. The number of nitrogens with two attached hydrogens (primary N) is 2. The molecule has 0 saturated carbocycles. The van der Waals surface area contributed by atoms with Crippen molar-refractivity contribution in [3.8, 4) is 0 Å². The van der Waals surface area contributed by atoms with Crippen molar-refractivity contribution < 1.29 is 19.1 Å². The Hall–Kier alpha value is -2.09. The Morgan fingerprint density at radius 2 is 1.88 bits per heavy atom. The lowest BCUT2D eigenvalue weighted by Crippen LogP contribution is -2.46. The molecule has 3 amide bonds. The second-order valence-electron chi connectivity index (χ2n) is 7.64. The van der Waals surface area contributed by atoms with Crippen LogP contribution >= 0.6 is 15.9 Å². The number of amides is 3. The van der Waals surface area contributed by atoms with Gasteiger partial charge in [-0.1, -0.05) is 34.1 Å². The van der Waals surface area contributed by atoms with Gasteiger partial charge >= 0.3 is 6.09 Å². The van der Waals surface area contributed by atoms with Crippen LogP contribution in [-0.2, 0) is 20.7 Å². The summed E-state index contributed by atoms with van der Waals surface area (Å²) >= 11 is 3.46. The summed E-state index contributed by atoms with van der Waals surface area (Å²) in [5, 5.41) is 0. The minimum absolute atomic E-state index is 0.0216. The first-order chi connectivity index (χ1) is 11.9. The smallest absolute Gasteiger partial charge is 0.411 e. The van der Waals surface area contributed by atoms with Crippen molar-refractivity contribution in [3.05, 3.63) is 34.3 Å². The van der Waals surface area contributed by atoms with Gasteiger partial charge in [-0.25, -0.2) is 4.79 Å². The third-order valence-corrected chi connectivity index (χ3v) is 5.17. The van der Waals surface area contributed by atoms with Gasteiger partial charge in [-0.15, -0.1) is 0 Å². The van der Waals surface area contributed by atoms with Gasteiger partial charge in [0.2, 0.25) is 11.8 Å². The highest BCUT2D eigenvalue weighted by molar-refractivity contribution is 9.10. The van der Waals surface area contributed by atoms with Crippen molar-refractivity contribution in [2.45, 2.75) is 45.3 Å². The fraction of sp³-hybridized carbons (Fsp3) is 0.500. The second-order valence-corrected chi connectivity index (χ2v) is 8.50. The molecule has 1 unspecified atom stereocenters. The van der Waals surface area contributed by atoms with Crippen LogP contribution in [-0.4, -0.2) is 41.0 Å². The Bertz CT molecular complexity index is 731. The maximum atomic E-state index is 12.5. The number of nitrogens with zero attached hydrogens (tertiary/aromatic N) is 1. The van der Waals surface area contributed by atoms with Crippen LogP contribution in [0.5, 0.6) is 0 Å². The molecule has 0 spiro atoms. The Morgan fingerprint density at radius 3 is 2.38 bits per heavy atom. The molecule has 1 aromatic carbocycles. The van der Waals surface area contributed by atoms with E-state index in [0.717, 1.165) is 10.0 Å². The van der Waals surface area contributed by atoms with Crippen molar-refractivity contribution in [2.75, 3.05) is 6.54 Å². The first-order valence-electron chi connectivity index (χ1n) is 8.27. The fourth-order valence-electron chi connectivity index (χ4n) is 3.15. The molecule has 0 aliphatic carbocycles. The molecule has 4 N–H and O–H groups in total. The first kappa shape index (κ1) is 20.2. The number of rotatable bonds is 4. The topological polar surface area (TPSA) is 116 Å². The predicted octanol–water partition coefficient (Wildman–Crippen LogP) is 1.96. The number of halogens is 1. The van der Waals surface area contributed by atoms with E-state index in [2.05, 4.69) is 15.9 Å². The third kappa shape index (κ3) is 4.35. The summed E-state index contributed by atoms with van der Waals surface area (Å²) in [6.45, 7) is 5.15. The zero-order valence-corrected chi connectivity index (χ0v) is 16.7. The summed E-state index contributed by atoms with van der Waals surface area (Å²) < 4.78 is 6.19. The maximum Gasteiger partial charge on any atom is 0.411 e. The Kier molecular flexibility index (Phi) is 5.65. The van der Waals surface area contributed by atoms with Gasteiger partial charge < -0.3 is 16.2 Å². The molecule has 8 heteroatoms. The molecule has 26 heavy (non-hydrogen) atoms. The number of benzene rings is 1. The maximum absolute atomic E-state index is 12.5. The van der Waals surface area contributed by atoms with Crippen LogP contribution in [0.1, 0.15) is 32.8 Å². The summed E-state index contributed by atoms with van der Waals surface area (Å²) in [4.78, 5) is 38.0. The average molecular weight is 426 g/mol. The molecule has 0 aromatic heterocycles. The quantitative estimate of drug-likeness (QED) is 0.766. The molecule has 142 valence electrons. The van der Waals surface area contributed by atoms with Crippen molar-refractivity contribution in [3.63, 3.8) is 0 Å². The molecule has 0 radical (unpaired) electrons. The van der Waals surface area contributed by atoms with Crippen LogP contribution in [0, 0.1) is 5.41 Å². The predicted molar refractivity (Wildman–Crippen MR) is 100 cm³/mol. The van der Waals surface area contributed by atoms with Gasteiger partial charge in [0.25, 0.3) is 0 Å². The van der Waals surface area contributed by atoms with Gasteiger partial charge in [-0.05, 0) is 45.2 Å². The summed E-state index contributed by atoms with van der Waals surface area (Å²) in [5.41, 5.74) is 10.2. The number of likely N-dealkylation sites (tertiary alicyclic amines) is 1. The molecule has 2 atom stereocenters. The van der Waals surface area contributed by atoms with Gasteiger partial charge in [0, 0.05) is 11.0 Å². The molecule has 1 aliphatic heterocycles. The lowest BCUT2D eigenvalue weighted by molar-refractivity contribution is -0.127. The summed E-state index contributed by atoms with van der Waals surface area (Å²) in [5.74, 6) is -1.27. The standard InChI is InChI=1S/C18H24BrN3O4/c1-17(2,3)26-16(25)22-10-18(15(21)24,9-13(22)14(20)23)8-11-6-4-5-7-12(11)19/h4-7,13H,8-10H2,1-3H3,(H2,20,23)(H2,21,24)/t13-,18?/m0/s1. The summed E-state index contributed by atoms with van der Waals surface area (Å²) in [6.07, 6.45) is -0.331. The Labute approximate surface area is 161 Å². The molecule has 1 heterocycles. The van der Waals surface area contributed by atoms with Gasteiger partial charge in [0.05, 0.1) is 5.41 Å². The van der Waals surface area contributed by atoms with E-state index in [9.17, 15) is 14.4 Å².